The van der Waals surface area contributed by atoms with Crippen molar-refractivity contribution in [2.24, 2.45) is 0 Å². The molecule has 78 valence electrons. The predicted octanol–water partition coefficient (Wildman–Crippen LogP) is 4.81. The van der Waals surface area contributed by atoms with E-state index in [9.17, 15) is 0 Å². The fraction of sp³-hybridized carbons (Fsp3) is 0.429. The summed E-state index contributed by atoms with van der Waals surface area (Å²) in [6, 6.07) is 0. The summed E-state index contributed by atoms with van der Waals surface area (Å²) < 4.78 is 0. The standard InChI is InChI=1S/C14H22/c1-5-9-10-11-14(8-4)12-13(6-2)7-3/h5-6,8-11H,7,12H2,1-4H3/b9-5-,11-10-,13-6-,14-8-. The van der Waals surface area contributed by atoms with E-state index in [0.717, 1.165) is 12.8 Å². The molecule has 0 saturated heterocycles. The van der Waals surface area contributed by atoms with Crippen LogP contribution in [0.4, 0.5) is 0 Å². The molecule has 0 N–H and O–H groups in total. The first-order valence-corrected chi connectivity index (χ1v) is 5.37. The van der Waals surface area contributed by atoms with Gasteiger partial charge in [0.15, 0.2) is 0 Å². The van der Waals surface area contributed by atoms with Crippen LogP contribution >= 0.6 is 0 Å². The zero-order valence-corrected chi connectivity index (χ0v) is 9.88. The first kappa shape index (κ1) is 13.0. The molecule has 0 spiro atoms. The monoisotopic (exact) mass is 190 g/mol. The Morgan fingerprint density at radius 2 is 1.71 bits per heavy atom. The van der Waals surface area contributed by atoms with Crippen molar-refractivity contribution >= 4 is 0 Å². The molecule has 0 aliphatic carbocycles. The van der Waals surface area contributed by atoms with Gasteiger partial charge in [-0.2, -0.15) is 0 Å². The summed E-state index contributed by atoms with van der Waals surface area (Å²) >= 11 is 0. The lowest BCUT2D eigenvalue weighted by Gasteiger charge is -2.04. The van der Waals surface area contributed by atoms with Crippen LogP contribution in [0, 0.1) is 0 Å². The van der Waals surface area contributed by atoms with E-state index in [4.69, 9.17) is 0 Å². The van der Waals surface area contributed by atoms with Crippen molar-refractivity contribution in [3.63, 3.8) is 0 Å². The van der Waals surface area contributed by atoms with E-state index in [0.29, 0.717) is 0 Å². The maximum absolute atomic E-state index is 2.22. The Morgan fingerprint density at radius 1 is 1.00 bits per heavy atom. The van der Waals surface area contributed by atoms with Gasteiger partial charge in [0.2, 0.25) is 0 Å². The molecule has 0 aromatic heterocycles. The highest BCUT2D eigenvalue weighted by molar-refractivity contribution is 5.26. The van der Waals surface area contributed by atoms with Gasteiger partial charge in [-0.1, -0.05) is 49.0 Å². The molecule has 0 heterocycles. The molecule has 0 aromatic carbocycles. The van der Waals surface area contributed by atoms with Crippen LogP contribution in [-0.4, -0.2) is 0 Å². The molecule has 0 aliphatic heterocycles. The van der Waals surface area contributed by atoms with Crippen molar-refractivity contribution in [2.75, 3.05) is 0 Å². The molecule has 0 nitrogen and oxygen atoms in total. The van der Waals surface area contributed by atoms with Crippen molar-refractivity contribution < 1.29 is 0 Å². The van der Waals surface area contributed by atoms with Gasteiger partial charge in [0, 0.05) is 0 Å². The Labute approximate surface area is 88.7 Å². The highest BCUT2D eigenvalue weighted by Crippen LogP contribution is 2.15. The number of rotatable bonds is 5. The van der Waals surface area contributed by atoms with E-state index in [-0.39, 0.29) is 0 Å². The van der Waals surface area contributed by atoms with E-state index in [1.165, 1.54) is 11.1 Å². The summed E-state index contributed by atoms with van der Waals surface area (Å²) in [5.41, 5.74) is 2.89. The predicted molar refractivity (Wildman–Crippen MR) is 66.4 cm³/mol. The SMILES string of the molecule is C\C=C/C=C\C(=C\C)C/C(=C\C)CC. The second-order valence-corrected chi connectivity index (χ2v) is 3.23. The van der Waals surface area contributed by atoms with Gasteiger partial charge in [-0.25, -0.2) is 0 Å². The molecule has 0 radical (unpaired) electrons. The Morgan fingerprint density at radius 3 is 2.14 bits per heavy atom. The smallest absolute Gasteiger partial charge is 0.00706 e. The highest BCUT2D eigenvalue weighted by Gasteiger charge is 1.95. The molecule has 0 aliphatic rings. The Balaban J connectivity index is 4.31. The van der Waals surface area contributed by atoms with E-state index < -0.39 is 0 Å². The number of hydrogen-bond acceptors (Lipinski definition) is 0. The molecule has 0 fully saturated rings. The minimum atomic E-state index is 1.08. The molecule has 0 saturated carbocycles. The Bertz CT molecular complexity index is 249. The third kappa shape index (κ3) is 5.58. The fourth-order valence-corrected chi connectivity index (χ4v) is 1.24. The van der Waals surface area contributed by atoms with Crippen molar-refractivity contribution in [1.82, 2.24) is 0 Å². The molecule has 0 rings (SSSR count). The zero-order chi connectivity index (χ0) is 10.8. The third-order valence-electron chi connectivity index (χ3n) is 2.28. The van der Waals surface area contributed by atoms with E-state index in [2.05, 4.69) is 51.2 Å². The molecular formula is C14H22. The Kier molecular flexibility index (Phi) is 7.92. The average molecular weight is 190 g/mol. The van der Waals surface area contributed by atoms with Gasteiger partial charge in [-0.15, -0.1) is 0 Å². The summed E-state index contributed by atoms with van der Waals surface area (Å²) in [6.07, 6.45) is 15.0. The summed E-state index contributed by atoms with van der Waals surface area (Å²) in [5.74, 6) is 0. The molecule has 0 unspecified atom stereocenters. The molecule has 0 bridgehead atoms. The average Bonchev–Trinajstić information content (AvgIpc) is 2.23. The molecule has 0 atom stereocenters. The number of hydrogen-bond donors (Lipinski definition) is 0. The largest absolute Gasteiger partial charge is 0.0881 e. The zero-order valence-electron chi connectivity index (χ0n) is 9.88. The third-order valence-corrected chi connectivity index (χ3v) is 2.28. The molecule has 0 heteroatoms. The second kappa shape index (κ2) is 8.55. The van der Waals surface area contributed by atoms with Gasteiger partial charge in [0.1, 0.15) is 0 Å². The normalized spacial score (nSPS) is 14.6. The maximum Gasteiger partial charge on any atom is -0.00706 e. The van der Waals surface area contributed by atoms with Crippen LogP contribution < -0.4 is 0 Å². The van der Waals surface area contributed by atoms with Gasteiger partial charge in [0.05, 0.1) is 0 Å². The summed E-state index contributed by atoms with van der Waals surface area (Å²) in [7, 11) is 0. The van der Waals surface area contributed by atoms with Crippen LogP contribution in [0.5, 0.6) is 0 Å². The lowest BCUT2D eigenvalue weighted by Crippen LogP contribution is -1.84. The summed E-state index contributed by atoms with van der Waals surface area (Å²) in [6.45, 7) is 8.45. The van der Waals surface area contributed by atoms with E-state index >= 15 is 0 Å². The summed E-state index contributed by atoms with van der Waals surface area (Å²) in [4.78, 5) is 0. The first-order chi connectivity index (χ1) is 6.78. The molecule has 0 amide bonds. The minimum Gasteiger partial charge on any atom is -0.0881 e. The van der Waals surface area contributed by atoms with Crippen LogP contribution in [0.2, 0.25) is 0 Å². The van der Waals surface area contributed by atoms with Crippen molar-refractivity contribution in [2.45, 2.75) is 40.5 Å². The van der Waals surface area contributed by atoms with Crippen LogP contribution in [-0.2, 0) is 0 Å². The van der Waals surface area contributed by atoms with Gasteiger partial charge in [-0.3, -0.25) is 0 Å². The molecular weight excluding hydrogens is 168 g/mol. The minimum absolute atomic E-state index is 1.08. The first-order valence-electron chi connectivity index (χ1n) is 5.37. The lowest BCUT2D eigenvalue weighted by molar-refractivity contribution is 1.000. The van der Waals surface area contributed by atoms with Gasteiger partial charge in [-0.05, 0) is 39.2 Å². The quantitative estimate of drug-likeness (QED) is 0.431. The topological polar surface area (TPSA) is 0 Å². The van der Waals surface area contributed by atoms with Crippen molar-refractivity contribution in [3.05, 3.63) is 47.6 Å². The maximum atomic E-state index is 2.22. The van der Waals surface area contributed by atoms with Crippen LogP contribution in [0.1, 0.15) is 40.5 Å². The van der Waals surface area contributed by atoms with E-state index in [1.54, 1.807) is 0 Å². The molecule has 14 heavy (non-hydrogen) atoms. The van der Waals surface area contributed by atoms with Crippen molar-refractivity contribution in [3.8, 4) is 0 Å². The van der Waals surface area contributed by atoms with E-state index in [1.807, 2.05) is 13.0 Å². The van der Waals surface area contributed by atoms with Crippen LogP contribution in [0.3, 0.4) is 0 Å². The van der Waals surface area contributed by atoms with Gasteiger partial charge < -0.3 is 0 Å². The lowest BCUT2D eigenvalue weighted by atomic mass is 10.0. The highest BCUT2D eigenvalue weighted by atomic mass is 14.0. The fourth-order valence-electron chi connectivity index (χ4n) is 1.24. The van der Waals surface area contributed by atoms with Crippen molar-refractivity contribution in [1.29, 1.82) is 0 Å². The van der Waals surface area contributed by atoms with Crippen LogP contribution in [0.15, 0.2) is 47.6 Å². The van der Waals surface area contributed by atoms with Gasteiger partial charge >= 0.3 is 0 Å². The summed E-state index contributed by atoms with van der Waals surface area (Å²) in [5, 5.41) is 0. The number of allylic oxidation sites excluding steroid dienone is 8. The second-order valence-electron chi connectivity index (χ2n) is 3.23. The Hall–Kier alpha value is -1.04. The van der Waals surface area contributed by atoms with Crippen LogP contribution in [0.25, 0.3) is 0 Å². The molecule has 0 aromatic rings. The van der Waals surface area contributed by atoms with Gasteiger partial charge in [0.25, 0.3) is 0 Å².